The minimum atomic E-state index is -3.43. The van der Waals surface area contributed by atoms with Gasteiger partial charge in [0.25, 0.3) is 0 Å². The summed E-state index contributed by atoms with van der Waals surface area (Å²) in [6.07, 6.45) is 4.49. The van der Waals surface area contributed by atoms with E-state index in [4.69, 9.17) is 0 Å². The van der Waals surface area contributed by atoms with E-state index in [2.05, 4.69) is 39.2 Å². The second-order valence-corrected chi connectivity index (χ2v) is 9.65. The van der Waals surface area contributed by atoms with Crippen LogP contribution in [0.2, 0.25) is 0 Å². The predicted molar refractivity (Wildman–Crippen MR) is 119 cm³/mol. The van der Waals surface area contributed by atoms with Gasteiger partial charge in [0.15, 0.2) is 0 Å². The van der Waals surface area contributed by atoms with Gasteiger partial charge in [-0.05, 0) is 56.1 Å². The van der Waals surface area contributed by atoms with Crippen molar-refractivity contribution >= 4 is 15.9 Å². The van der Waals surface area contributed by atoms with Crippen molar-refractivity contribution in [1.82, 2.24) is 14.9 Å². The zero-order valence-electron chi connectivity index (χ0n) is 17.5. The monoisotopic (exact) mass is 429 g/mol. The lowest BCUT2D eigenvalue weighted by atomic mass is 10.0. The van der Waals surface area contributed by atoms with Gasteiger partial charge in [-0.3, -0.25) is 9.69 Å². The summed E-state index contributed by atoms with van der Waals surface area (Å²) in [5, 5.41) is 3.10. The number of carbonyl (C=O) groups is 1. The standard InChI is InChI=1S/C23H31N3O3S/c1-24-30(28,29)22-13-10-19(11-14-22)12-15-23(27)25-17-21-9-5-6-16-26(21)18-20-7-3-2-4-8-20/h2-4,7-8,10-11,13-14,21,24H,5-6,9,12,15-18H2,1H3,(H,25,27). The van der Waals surface area contributed by atoms with Gasteiger partial charge in [-0.25, -0.2) is 13.1 Å². The largest absolute Gasteiger partial charge is 0.355 e. The molecule has 7 heteroatoms. The number of amides is 1. The molecule has 0 radical (unpaired) electrons. The van der Waals surface area contributed by atoms with Crippen LogP contribution in [0.3, 0.4) is 0 Å². The summed E-state index contributed by atoms with van der Waals surface area (Å²) in [7, 11) is -2.04. The molecule has 1 aliphatic rings. The molecular weight excluding hydrogens is 398 g/mol. The maximum Gasteiger partial charge on any atom is 0.240 e. The number of piperidine rings is 1. The summed E-state index contributed by atoms with van der Waals surface area (Å²) < 4.78 is 25.9. The van der Waals surface area contributed by atoms with E-state index in [9.17, 15) is 13.2 Å². The van der Waals surface area contributed by atoms with Crippen molar-refractivity contribution in [3.05, 3.63) is 65.7 Å². The minimum Gasteiger partial charge on any atom is -0.355 e. The Balaban J connectivity index is 1.46. The number of carbonyl (C=O) groups excluding carboxylic acids is 1. The van der Waals surface area contributed by atoms with Crippen LogP contribution in [0.4, 0.5) is 0 Å². The molecule has 1 amide bonds. The Labute approximate surface area is 179 Å². The molecule has 0 spiro atoms. The van der Waals surface area contributed by atoms with Crippen molar-refractivity contribution in [2.75, 3.05) is 20.1 Å². The number of nitrogens with one attached hydrogen (secondary N) is 2. The first-order chi connectivity index (χ1) is 14.5. The molecule has 2 aromatic carbocycles. The molecule has 1 fully saturated rings. The fourth-order valence-corrected chi connectivity index (χ4v) is 4.58. The Kier molecular flexibility index (Phi) is 8.01. The molecule has 0 aliphatic carbocycles. The topological polar surface area (TPSA) is 78.5 Å². The van der Waals surface area contributed by atoms with E-state index < -0.39 is 10.0 Å². The molecule has 6 nitrogen and oxygen atoms in total. The summed E-state index contributed by atoms with van der Waals surface area (Å²) in [5.74, 6) is 0.0344. The zero-order valence-corrected chi connectivity index (χ0v) is 18.3. The molecule has 30 heavy (non-hydrogen) atoms. The summed E-state index contributed by atoms with van der Waals surface area (Å²) in [6, 6.07) is 17.5. The number of hydrogen-bond acceptors (Lipinski definition) is 4. The highest BCUT2D eigenvalue weighted by Gasteiger charge is 2.22. The van der Waals surface area contributed by atoms with Gasteiger partial charge in [0.1, 0.15) is 0 Å². The third kappa shape index (κ3) is 6.39. The predicted octanol–water partition coefficient (Wildman–Crippen LogP) is 2.70. The SMILES string of the molecule is CNS(=O)(=O)c1ccc(CCC(=O)NCC2CCCCN2Cc2ccccc2)cc1. The first-order valence-corrected chi connectivity index (χ1v) is 12.0. The Morgan fingerprint density at radius 2 is 1.77 bits per heavy atom. The minimum absolute atomic E-state index is 0.0344. The van der Waals surface area contributed by atoms with Crippen LogP contribution in [0.1, 0.15) is 36.8 Å². The summed E-state index contributed by atoms with van der Waals surface area (Å²) in [4.78, 5) is 15.1. The quantitative estimate of drug-likeness (QED) is 0.642. The number of rotatable bonds is 9. The number of likely N-dealkylation sites (tertiary alicyclic amines) is 1. The number of sulfonamides is 1. The normalized spacial score (nSPS) is 17.6. The Morgan fingerprint density at radius 1 is 1.03 bits per heavy atom. The maximum atomic E-state index is 12.4. The van der Waals surface area contributed by atoms with Crippen LogP contribution in [0, 0.1) is 0 Å². The lowest BCUT2D eigenvalue weighted by Crippen LogP contribution is -2.46. The fraction of sp³-hybridized carbons (Fsp3) is 0.435. The van der Waals surface area contributed by atoms with Gasteiger partial charge >= 0.3 is 0 Å². The highest BCUT2D eigenvalue weighted by atomic mass is 32.2. The highest BCUT2D eigenvalue weighted by molar-refractivity contribution is 7.89. The summed E-state index contributed by atoms with van der Waals surface area (Å²) in [5.41, 5.74) is 2.25. The molecule has 2 aromatic rings. The molecule has 1 heterocycles. The van der Waals surface area contributed by atoms with Crippen molar-refractivity contribution in [3.8, 4) is 0 Å². The highest BCUT2D eigenvalue weighted by Crippen LogP contribution is 2.19. The van der Waals surface area contributed by atoms with Crippen molar-refractivity contribution in [2.24, 2.45) is 0 Å². The van der Waals surface area contributed by atoms with Crippen LogP contribution < -0.4 is 10.0 Å². The molecular formula is C23H31N3O3S. The first-order valence-electron chi connectivity index (χ1n) is 10.5. The van der Waals surface area contributed by atoms with Crippen molar-refractivity contribution in [1.29, 1.82) is 0 Å². The van der Waals surface area contributed by atoms with Crippen molar-refractivity contribution in [2.45, 2.75) is 49.6 Å². The molecule has 1 unspecified atom stereocenters. The van der Waals surface area contributed by atoms with Crippen LogP contribution in [-0.4, -0.2) is 45.4 Å². The average Bonchev–Trinajstić information content (AvgIpc) is 2.78. The molecule has 0 bridgehead atoms. The number of benzene rings is 2. The van der Waals surface area contributed by atoms with Gasteiger partial charge in [0.05, 0.1) is 4.90 Å². The molecule has 1 aliphatic heterocycles. The fourth-order valence-electron chi connectivity index (χ4n) is 3.85. The Morgan fingerprint density at radius 3 is 2.47 bits per heavy atom. The number of aryl methyl sites for hydroxylation is 1. The molecule has 0 aromatic heterocycles. The van der Waals surface area contributed by atoms with E-state index >= 15 is 0 Å². The van der Waals surface area contributed by atoms with E-state index in [0.717, 1.165) is 25.1 Å². The molecule has 162 valence electrons. The van der Waals surface area contributed by atoms with Crippen LogP contribution in [0.15, 0.2) is 59.5 Å². The van der Waals surface area contributed by atoms with Gasteiger partial charge in [-0.15, -0.1) is 0 Å². The van der Waals surface area contributed by atoms with Crippen LogP contribution >= 0.6 is 0 Å². The van der Waals surface area contributed by atoms with Gasteiger partial charge in [0.2, 0.25) is 15.9 Å². The zero-order chi connectivity index (χ0) is 21.4. The molecule has 0 saturated carbocycles. The Hall–Kier alpha value is -2.22. The average molecular weight is 430 g/mol. The van der Waals surface area contributed by atoms with Gasteiger partial charge in [-0.2, -0.15) is 0 Å². The van der Waals surface area contributed by atoms with Crippen molar-refractivity contribution in [3.63, 3.8) is 0 Å². The van der Waals surface area contributed by atoms with Gasteiger partial charge < -0.3 is 5.32 Å². The van der Waals surface area contributed by atoms with Gasteiger partial charge in [-0.1, -0.05) is 48.9 Å². The first kappa shape index (κ1) is 22.5. The lowest BCUT2D eigenvalue weighted by Gasteiger charge is -2.36. The lowest BCUT2D eigenvalue weighted by molar-refractivity contribution is -0.121. The third-order valence-electron chi connectivity index (χ3n) is 5.66. The smallest absolute Gasteiger partial charge is 0.240 e. The molecule has 2 N–H and O–H groups in total. The second kappa shape index (κ2) is 10.7. The Bertz CT molecular complexity index is 914. The number of hydrogen-bond donors (Lipinski definition) is 2. The van der Waals surface area contributed by atoms with E-state index in [-0.39, 0.29) is 10.8 Å². The third-order valence-corrected chi connectivity index (χ3v) is 7.09. The summed E-state index contributed by atoms with van der Waals surface area (Å²) in [6.45, 7) is 2.66. The summed E-state index contributed by atoms with van der Waals surface area (Å²) >= 11 is 0. The number of nitrogens with zero attached hydrogens (tertiary/aromatic N) is 1. The van der Waals surface area contributed by atoms with Crippen LogP contribution in [0.5, 0.6) is 0 Å². The van der Waals surface area contributed by atoms with Crippen LogP contribution in [0.25, 0.3) is 0 Å². The van der Waals surface area contributed by atoms with E-state index in [1.165, 1.54) is 25.5 Å². The maximum absolute atomic E-state index is 12.4. The second-order valence-electron chi connectivity index (χ2n) is 7.76. The molecule has 3 rings (SSSR count). The van der Waals surface area contributed by atoms with Gasteiger partial charge in [0, 0.05) is 25.6 Å². The molecule has 1 saturated heterocycles. The van der Waals surface area contributed by atoms with E-state index in [0.29, 0.717) is 25.4 Å². The van der Waals surface area contributed by atoms with Crippen molar-refractivity contribution < 1.29 is 13.2 Å². The van der Waals surface area contributed by atoms with E-state index in [1.54, 1.807) is 24.3 Å². The van der Waals surface area contributed by atoms with E-state index in [1.807, 2.05) is 6.07 Å². The van der Waals surface area contributed by atoms with Crippen LogP contribution in [-0.2, 0) is 27.8 Å². The molecule has 1 atom stereocenters.